The van der Waals surface area contributed by atoms with Crippen molar-refractivity contribution in [1.29, 1.82) is 0 Å². The van der Waals surface area contributed by atoms with Crippen LogP contribution < -0.4 is 24.8 Å². The van der Waals surface area contributed by atoms with Crippen LogP contribution in [0.5, 0.6) is 17.2 Å². The quantitative estimate of drug-likeness (QED) is 0.264. The second kappa shape index (κ2) is 14.5. The fraction of sp³-hybridized carbons (Fsp3) is 0.667. The maximum Gasteiger partial charge on any atom is 0.203 e. The van der Waals surface area contributed by atoms with Gasteiger partial charge in [-0.2, -0.15) is 0 Å². The summed E-state index contributed by atoms with van der Waals surface area (Å²) in [7, 11) is 4.84. The second-order valence-corrected chi connectivity index (χ2v) is 7.04. The highest BCUT2D eigenvalue weighted by Crippen LogP contribution is 2.39. The molecule has 0 amide bonds. The lowest BCUT2D eigenvalue weighted by atomic mass is 10.1. The third-order valence-corrected chi connectivity index (χ3v) is 4.53. The minimum Gasteiger partial charge on any atom is -0.493 e. The highest BCUT2D eigenvalue weighted by atomic mass is 127. The molecule has 2 N–H and O–H groups in total. The van der Waals surface area contributed by atoms with Crippen LogP contribution >= 0.6 is 24.0 Å². The van der Waals surface area contributed by atoms with Gasteiger partial charge >= 0.3 is 0 Å². The zero-order valence-corrected chi connectivity index (χ0v) is 21.5. The van der Waals surface area contributed by atoms with Crippen molar-refractivity contribution in [1.82, 2.24) is 15.5 Å². The number of rotatable bonds is 11. The number of nitrogens with zero attached hydrogens (tertiary/aromatic N) is 2. The summed E-state index contributed by atoms with van der Waals surface area (Å²) in [6, 6.07) is 4.84. The molecule has 0 saturated heterocycles. The Morgan fingerprint density at radius 2 is 1.59 bits per heavy atom. The van der Waals surface area contributed by atoms with Crippen LogP contribution in [0, 0.1) is 0 Å². The maximum absolute atomic E-state index is 5.55. The summed E-state index contributed by atoms with van der Waals surface area (Å²) < 4.78 is 16.3. The first-order chi connectivity index (χ1) is 13.4. The Morgan fingerprint density at radius 1 is 0.966 bits per heavy atom. The molecular weight excluding hydrogens is 483 g/mol. The molecule has 0 spiro atoms. The molecule has 0 saturated carbocycles. The molecule has 0 heterocycles. The van der Waals surface area contributed by atoms with Gasteiger partial charge in [0.15, 0.2) is 17.5 Å². The molecule has 0 bridgehead atoms. The van der Waals surface area contributed by atoms with E-state index in [1.807, 2.05) is 12.1 Å². The minimum absolute atomic E-state index is 0. The van der Waals surface area contributed by atoms with Crippen molar-refractivity contribution in [3.63, 3.8) is 0 Å². The van der Waals surface area contributed by atoms with E-state index >= 15 is 0 Å². The molecule has 29 heavy (non-hydrogen) atoms. The van der Waals surface area contributed by atoms with E-state index in [2.05, 4.69) is 50.2 Å². The first kappa shape index (κ1) is 27.6. The lowest BCUT2D eigenvalue weighted by Crippen LogP contribution is -2.45. The number of nitrogens with one attached hydrogen (secondary N) is 2. The van der Waals surface area contributed by atoms with Gasteiger partial charge in [0.2, 0.25) is 5.75 Å². The molecule has 168 valence electrons. The van der Waals surface area contributed by atoms with Crippen molar-refractivity contribution >= 4 is 29.9 Å². The van der Waals surface area contributed by atoms with Gasteiger partial charge in [-0.05, 0) is 46.8 Å². The molecule has 0 radical (unpaired) electrons. The van der Waals surface area contributed by atoms with Crippen molar-refractivity contribution in [2.75, 3.05) is 41.0 Å². The van der Waals surface area contributed by atoms with Crippen LogP contribution in [0.1, 0.15) is 40.2 Å². The molecule has 7 nitrogen and oxygen atoms in total. The SMILES string of the molecule is CCNC(=NCc1ccc(OC)c(OC)c1OC)NCCN(C(C)C)C(C)C.I. The highest BCUT2D eigenvalue weighted by molar-refractivity contribution is 14.0. The first-order valence-corrected chi connectivity index (χ1v) is 9.95. The van der Waals surface area contributed by atoms with Gasteiger partial charge in [0.1, 0.15) is 0 Å². The highest BCUT2D eigenvalue weighted by Gasteiger charge is 2.16. The zero-order valence-electron chi connectivity index (χ0n) is 19.2. The normalized spacial score (nSPS) is 11.5. The number of halogens is 1. The van der Waals surface area contributed by atoms with Crippen LogP contribution in [-0.4, -0.2) is 63.9 Å². The number of benzene rings is 1. The Kier molecular flexibility index (Phi) is 13.8. The van der Waals surface area contributed by atoms with Crippen molar-refractivity contribution in [2.24, 2.45) is 4.99 Å². The van der Waals surface area contributed by atoms with Crippen molar-refractivity contribution in [3.8, 4) is 17.2 Å². The lowest BCUT2D eigenvalue weighted by molar-refractivity contribution is 0.178. The summed E-state index contributed by atoms with van der Waals surface area (Å²) in [4.78, 5) is 7.16. The van der Waals surface area contributed by atoms with Gasteiger partial charge in [0, 0.05) is 37.3 Å². The van der Waals surface area contributed by atoms with E-state index in [4.69, 9.17) is 19.2 Å². The van der Waals surface area contributed by atoms with Crippen LogP contribution in [0.3, 0.4) is 0 Å². The Bertz CT molecular complexity index is 616. The van der Waals surface area contributed by atoms with Gasteiger partial charge in [-0.3, -0.25) is 4.90 Å². The standard InChI is InChI=1S/C21H38N4O3.HI/c1-9-22-21(23-12-13-25(15(2)3)16(4)5)24-14-17-10-11-18(26-6)20(28-8)19(17)27-7;/h10-11,15-16H,9,12-14H2,1-8H3,(H2,22,23,24);1H. The molecule has 0 fully saturated rings. The Balaban J connectivity index is 0.00000784. The van der Waals surface area contributed by atoms with E-state index in [0.717, 1.165) is 31.2 Å². The molecule has 1 aromatic rings. The largest absolute Gasteiger partial charge is 0.493 e. The van der Waals surface area contributed by atoms with Crippen molar-refractivity contribution in [3.05, 3.63) is 17.7 Å². The van der Waals surface area contributed by atoms with E-state index in [1.54, 1.807) is 21.3 Å². The topological polar surface area (TPSA) is 67.4 Å². The predicted octanol–water partition coefficient (Wildman–Crippen LogP) is 3.50. The van der Waals surface area contributed by atoms with Gasteiger partial charge in [-0.15, -0.1) is 24.0 Å². The molecule has 8 heteroatoms. The fourth-order valence-electron chi connectivity index (χ4n) is 3.21. The summed E-state index contributed by atoms with van der Waals surface area (Å²) in [5, 5.41) is 6.72. The molecule has 0 aliphatic heterocycles. The lowest BCUT2D eigenvalue weighted by Gasteiger charge is -2.30. The fourth-order valence-corrected chi connectivity index (χ4v) is 3.21. The molecule has 0 aliphatic rings. The number of ether oxygens (including phenoxy) is 3. The third-order valence-electron chi connectivity index (χ3n) is 4.53. The van der Waals surface area contributed by atoms with E-state index in [9.17, 15) is 0 Å². The summed E-state index contributed by atoms with van der Waals surface area (Å²) in [6.45, 7) is 14.0. The van der Waals surface area contributed by atoms with Crippen LogP contribution in [0.25, 0.3) is 0 Å². The molecule has 0 unspecified atom stereocenters. The van der Waals surface area contributed by atoms with Crippen LogP contribution in [0.15, 0.2) is 17.1 Å². The van der Waals surface area contributed by atoms with Crippen molar-refractivity contribution in [2.45, 2.75) is 53.2 Å². The van der Waals surface area contributed by atoms with E-state index in [0.29, 0.717) is 35.9 Å². The summed E-state index contributed by atoms with van der Waals surface area (Å²) in [6.07, 6.45) is 0. The minimum atomic E-state index is 0. The number of aliphatic imine (C=N–C) groups is 1. The van der Waals surface area contributed by atoms with Gasteiger partial charge < -0.3 is 24.8 Å². The molecule has 0 aromatic heterocycles. The van der Waals surface area contributed by atoms with Gasteiger partial charge in [-0.1, -0.05) is 0 Å². The number of hydrogen-bond donors (Lipinski definition) is 2. The Labute approximate surface area is 193 Å². The van der Waals surface area contributed by atoms with Gasteiger partial charge in [-0.25, -0.2) is 4.99 Å². The monoisotopic (exact) mass is 522 g/mol. The molecule has 1 rings (SSSR count). The third kappa shape index (κ3) is 8.46. The predicted molar refractivity (Wildman–Crippen MR) is 131 cm³/mol. The average Bonchev–Trinajstić information content (AvgIpc) is 2.67. The first-order valence-electron chi connectivity index (χ1n) is 9.95. The van der Waals surface area contributed by atoms with Crippen LogP contribution in [0.4, 0.5) is 0 Å². The van der Waals surface area contributed by atoms with Crippen LogP contribution in [-0.2, 0) is 6.54 Å². The molecule has 0 aliphatic carbocycles. The summed E-state index contributed by atoms with van der Waals surface area (Å²) >= 11 is 0. The van der Waals surface area contributed by atoms with Crippen LogP contribution in [0.2, 0.25) is 0 Å². The number of methoxy groups -OCH3 is 3. The van der Waals surface area contributed by atoms with E-state index < -0.39 is 0 Å². The summed E-state index contributed by atoms with van der Waals surface area (Å²) in [5.41, 5.74) is 0.934. The van der Waals surface area contributed by atoms with Gasteiger partial charge in [0.05, 0.1) is 27.9 Å². The summed E-state index contributed by atoms with van der Waals surface area (Å²) in [5.74, 6) is 2.65. The Morgan fingerprint density at radius 3 is 2.07 bits per heavy atom. The molecule has 0 atom stereocenters. The van der Waals surface area contributed by atoms with Crippen molar-refractivity contribution < 1.29 is 14.2 Å². The zero-order chi connectivity index (χ0) is 21.1. The maximum atomic E-state index is 5.55. The van der Waals surface area contributed by atoms with E-state index in [1.165, 1.54) is 0 Å². The van der Waals surface area contributed by atoms with E-state index in [-0.39, 0.29) is 24.0 Å². The van der Waals surface area contributed by atoms with Gasteiger partial charge in [0.25, 0.3) is 0 Å². The Hall–Kier alpha value is -1.42. The average molecular weight is 522 g/mol. The second-order valence-electron chi connectivity index (χ2n) is 7.04. The molecular formula is C21H39IN4O3. The number of hydrogen-bond acceptors (Lipinski definition) is 5. The number of guanidine groups is 1. The molecule has 1 aromatic carbocycles. The smallest absolute Gasteiger partial charge is 0.203 e.